The van der Waals surface area contributed by atoms with Gasteiger partial charge >= 0.3 is 0 Å². The number of carbonyl (C=O) groups is 1. The molecular formula is C23H23N3O3. The van der Waals surface area contributed by atoms with Crippen molar-refractivity contribution in [1.82, 2.24) is 9.88 Å². The second-order valence-electron chi connectivity index (χ2n) is 7.59. The minimum atomic E-state index is 0.152. The molecule has 2 aliphatic heterocycles. The number of hydrogen-bond donors (Lipinski definition) is 0. The first-order chi connectivity index (χ1) is 14.1. The van der Waals surface area contributed by atoms with Crippen molar-refractivity contribution in [3.8, 4) is 22.8 Å². The molecule has 0 radical (unpaired) electrons. The summed E-state index contributed by atoms with van der Waals surface area (Å²) in [7, 11) is 0. The van der Waals surface area contributed by atoms with Crippen molar-refractivity contribution < 1.29 is 14.3 Å². The number of carbonyl (C=O) groups excluding carboxylic acids is 1. The molecule has 1 aromatic heterocycles. The predicted molar refractivity (Wildman–Crippen MR) is 113 cm³/mol. The zero-order valence-electron chi connectivity index (χ0n) is 16.6. The van der Waals surface area contributed by atoms with Crippen LogP contribution in [0, 0.1) is 6.92 Å². The zero-order valence-corrected chi connectivity index (χ0v) is 16.6. The van der Waals surface area contributed by atoms with E-state index in [2.05, 4.69) is 36.1 Å². The number of nitrogens with zero attached hydrogens (tertiary/aromatic N) is 3. The van der Waals surface area contributed by atoms with Crippen LogP contribution in [0.3, 0.4) is 0 Å². The number of ether oxygens (including phenoxy) is 2. The van der Waals surface area contributed by atoms with Gasteiger partial charge in [0.1, 0.15) is 0 Å². The summed E-state index contributed by atoms with van der Waals surface area (Å²) in [5, 5.41) is 1.15. The van der Waals surface area contributed by atoms with E-state index in [0.29, 0.717) is 0 Å². The first kappa shape index (κ1) is 17.8. The van der Waals surface area contributed by atoms with Crippen LogP contribution in [0.1, 0.15) is 12.5 Å². The Morgan fingerprint density at radius 2 is 1.76 bits per heavy atom. The summed E-state index contributed by atoms with van der Waals surface area (Å²) in [6, 6.07) is 14.5. The van der Waals surface area contributed by atoms with Gasteiger partial charge in [0.25, 0.3) is 0 Å². The van der Waals surface area contributed by atoms with Crippen LogP contribution in [-0.4, -0.2) is 48.8 Å². The van der Waals surface area contributed by atoms with Crippen LogP contribution < -0.4 is 14.4 Å². The average molecular weight is 389 g/mol. The Morgan fingerprint density at radius 3 is 2.55 bits per heavy atom. The van der Waals surface area contributed by atoms with E-state index in [1.807, 2.05) is 23.1 Å². The Labute approximate surface area is 169 Å². The van der Waals surface area contributed by atoms with Gasteiger partial charge in [-0.3, -0.25) is 4.79 Å². The van der Waals surface area contributed by atoms with E-state index < -0.39 is 0 Å². The van der Waals surface area contributed by atoms with Crippen LogP contribution in [0.25, 0.3) is 22.2 Å². The zero-order chi connectivity index (χ0) is 20.0. The highest BCUT2D eigenvalue weighted by Crippen LogP contribution is 2.36. The number of pyridine rings is 1. The van der Waals surface area contributed by atoms with E-state index in [9.17, 15) is 4.79 Å². The first-order valence-corrected chi connectivity index (χ1v) is 9.90. The van der Waals surface area contributed by atoms with Gasteiger partial charge in [-0.1, -0.05) is 0 Å². The fourth-order valence-corrected chi connectivity index (χ4v) is 4.06. The molecule has 1 fully saturated rings. The average Bonchev–Trinajstić information content (AvgIpc) is 3.21. The Kier molecular flexibility index (Phi) is 4.27. The minimum absolute atomic E-state index is 0.152. The molecule has 0 aliphatic carbocycles. The molecule has 0 bridgehead atoms. The molecule has 2 aromatic carbocycles. The van der Waals surface area contributed by atoms with Crippen molar-refractivity contribution in [2.45, 2.75) is 13.8 Å². The smallest absolute Gasteiger partial charge is 0.231 e. The Bertz CT molecular complexity index is 1100. The molecule has 0 spiro atoms. The highest BCUT2D eigenvalue weighted by Gasteiger charge is 2.20. The van der Waals surface area contributed by atoms with Gasteiger partial charge in [0.15, 0.2) is 11.5 Å². The van der Waals surface area contributed by atoms with Crippen LogP contribution in [-0.2, 0) is 4.79 Å². The normalized spacial score (nSPS) is 15.8. The third kappa shape index (κ3) is 3.24. The summed E-state index contributed by atoms with van der Waals surface area (Å²) in [5.41, 5.74) is 5.29. The fourth-order valence-electron chi connectivity index (χ4n) is 4.06. The lowest BCUT2D eigenvalue weighted by molar-refractivity contribution is -0.129. The molecule has 0 unspecified atom stereocenters. The highest BCUT2D eigenvalue weighted by molar-refractivity contribution is 5.88. The number of rotatable bonds is 2. The predicted octanol–water partition coefficient (Wildman–Crippen LogP) is 3.61. The number of aromatic nitrogens is 1. The molecule has 2 aliphatic rings. The topological polar surface area (TPSA) is 54.9 Å². The minimum Gasteiger partial charge on any atom is -0.454 e. The number of piperazine rings is 1. The van der Waals surface area contributed by atoms with Gasteiger partial charge in [-0.25, -0.2) is 4.98 Å². The van der Waals surface area contributed by atoms with Gasteiger partial charge < -0.3 is 19.3 Å². The Morgan fingerprint density at radius 1 is 0.966 bits per heavy atom. The molecule has 0 saturated carbocycles. The lowest BCUT2D eigenvalue weighted by Gasteiger charge is -2.35. The standard InChI is InChI=1S/C23H23N3O3/c1-15-11-21(17-3-6-22-23(12-17)29-14-28-22)24-20-5-4-18(13-19(15)20)26-9-7-25(8-10-26)16(2)27/h3-6,11-13H,7-10,14H2,1-2H3. The van der Waals surface area contributed by atoms with Gasteiger partial charge in [-0.05, 0) is 55.0 Å². The number of hydrogen-bond acceptors (Lipinski definition) is 5. The van der Waals surface area contributed by atoms with Crippen LogP contribution in [0.15, 0.2) is 42.5 Å². The number of aryl methyl sites for hydroxylation is 1. The van der Waals surface area contributed by atoms with Crippen LogP contribution in [0.2, 0.25) is 0 Å². The van der Waals surface area contributed by atoms with Gasteiger partial charge in [0.05, 0.1) is 11.2 Å². The van der Waals surface area contributed by atoms with E-state index in [1.165, 1.54) is 11.3 Å². The quantitative estimate of drug-likeness (QED) is 0.670. The first-order valence-electron chi connectivity index (χ1n) is 9.90. The van der Waals surface area contributed by atoms with Gasteiger partial charge in [0.2, 0.25) is 12.7 Å². The second kappa shape index (κ2) is 6.95. The molecule has 1 saturated heterocycles. The summed E-state index contributed by atoms with van der Waals surface area (Å²) >= 11 is 0. The number of fused-ring (bicyclic) bond motifs is 2. The molecule has 6 heteroatoms. The third-order valence-corrected chi connectivity index (χ3v) is 5.76. The van der Waals surface area contributed by atoms with E-state index >= 15 is 0 Å². The molecule has 29 heavy (non-hydrogen) atoms. The van der Waals surface area contributed by atoms with E-state index in [4.69, 9.17) is 14.5 Å². The summed E-state index contributed by atoms with van der Waals surface area (Å²) in [5.74, 6) is 1.70. The number of anilines is 1. The maximum absolute atomic E-state index is 11.6. The molecule has 0 atom stereocenters. The third-order valence-electron chi connectivity index (χ3n) is 5.76. The fraction of sp³-hybridized carbons (Fsp3) is 0.304. The van der Waals surface area contributed by atoms with E-state index in [0.717, 1.165) is 59.8 Å². The molecule has 148 valence electrons. The molecule has 5 rings (SSSR count). The highest BCUT2D eigenvalue weighted by atomic mass is 16.7. The van der Waals surface area contributed by atoms with Crippen molar-refractivity contribution in [1.29, 1.82) is 0 Å². The van der Waals surface area contributed by atoms with Crippen LogP contribution >= 0.6 is 0 Å². The van der Waals surface area contributed by atoms with E-state index in [-0.39, 0.29) is 12.7 Å². The van der Waals surface area contributed by atoms with E-state index in [1.54, 1.807) is 6.92 Å². The Balaban J connectivity index is 1.45. The van der Waals surface area contributed by atoms with Crippen molar-refractivity contribution in [3.63, 3.8) is 0 Å². The summed E-state index contributed by atoms with van der Waals surface area (Å²) in [6.45, 7) is 7.28. The lowest BCUT2D eigenvalue weighted by Crippen LogP contribution is -2.48. The molecule has 3 aromatic rings. The van der Waals surface area contributed by atoms with Crippen molar-refractivity contribution in [2.24, 2.45) is 0 Å². The maximum atomic E-state index is 11.6. The van der Waals surface area contributed by atoms with Gasteiger partial charge in [-0.15, -0.1) is 0 Å². The maximum Gasteiger partial charge on any atom is 0.231 e. The summed E-state index contributed by atoms with van der Waals surface area (Å²) in [4.78, 5) is 20.7. The van der Waals surface area contributed by atoms with Crippen molar-refractivity contribution in [2.75, 3.05) is 37.9 Å². The van der Waals surface area contributed by atoms with Crippen LogP contribution in [0.4, 0.5) is 5.69 Å². The molecule has 1 amide bonds. The summed E-state index contributed by atoms with van der Waals surface area (Å²) in [6.07, 6.45) is 0. The van der Waals surface area contributed by atoms with Gasteiger partial charge in [-0.2, -0.15) is 0 Å². The van der Waals surface area contributed by atoms with Crippen LogP contribution in [0.5, 0.6) is 11.5 Å². The number of benzene rings is 2. The SMILES string of the molecule is CC(=O)N1CCN(c2ccc3nc(-c4ccc5c(c4)OCO5)cc(C)c3c2)CC1. The molecule has 6 nitrogen and oxygen atoms in total. The molecular weight excluding hydrogens is 366 g/mol. The Hall–Kier alpha value is -3.28. The largest absolute Gasteiger partial charge is 0.454 e. The number of amides is 1. The second-order valence-corrected chi connectivity index (χ2v) is 7.59. The van der Waals surface area contributed by atoms with Crippen molar-refractivity contribution >= 4 is 22.5 Å². The molecule has 3 heterocycles. The monoisotopic (exact) mass is 389 g/mol. The van der Waals surface area contributed by atoms with Gasteiger partial charge in [0, 0.05) is 49.7 Å². The summed E-state index contributed by atoms with van der Waals surface area (Å²) < 4.78 is 10.9. The van der Waals surface area contributed by atoms with Crippen molar-refractivity contribution in [3.05, 3.63) is 48.0 Å². The molecule has 0 N–H and O–H groups in total. The lowest BCUT2D eigenvalue weighted by atomic mass is 10.0.